The summed E-state index contributed by atoms with van der Waals surface area (Å²) in [7, 11) is 1.69. The van der Waals surface area contributed by atoms with Gasteiger partial charge in [-0.15, -0.1) is 5.10 Å². The van der Waals surface area contributed by atoms with E-state index < -0.39 is 0 Å². The van der Waals surface area contributed by atoms with Gasteiger partial charge in [0.15, 0.2) is 5.71 Å². The number of hydrogen-bond acceptors (Lipinski definition) is 6. The van der Waals surface area contributed by atoms with Gasteiger partial charge in [0, 0.05) is 19.2 Å². The molecule has 1 aliphatic rings. The van der Waals surface area contributed by atoms with Crippen molar-refractivity contribution in [3.05, 3.63) is 76.1 Å². The number of nitrogens with zero attached hydrogens (tertiary/aromatic N) is 3. The van der Waals surface area contributed by atoms with E-state index in [1.165, 1.54) is 17.4 Å². The van der Waals surface area contributed by atoms with Crippen LogP contribution in [0, 0.1) is 0 Å². The molecule has 0 saturated carbocycles. The molecule has 7 heteroatoms. The summed E-state index contributed by atoms with van der Waals surface area (Å²) in [6, 6.07) is 14.3. The molecule has 0 fully saturated rings. The molecule has 0 radical (unpaired) electrons. The maximum Gasteiger partial charge on any atom is 0.279 e. The number of rotatable bonds is 2. The van der Waals surface area contributed by atoms with Crippen molar-refractivity contribution in [3.63, 3.8) is 0 Å². The zero-order chi connectivity index (χ0) is 20.1. The van der Waals surface area contributed by atoms with Gasteiger partial charge in [-0.3, -0.25) is 9.59 Å². The summed E-state index contributed by atoms with van der Waals surface area (Å²) in [6.45, 7) is 1.93. The van der Waals surface area contributed by atoms with Crippen molar-refractivity contribution in [1.29, 1.82) is 0 Å². The first-order chi connectivity index (χ1) is 13.6. The number of benzene rings is 2. The number of carbonyl (C=O) groups is 1. The second-order valence-electron chi connectivity index (χ2n) is 5.91. The van der Waals surface area contributed by atoms with Crippen molar-refractivity contribution in [2.75, 3.05) is 18.6 Å². The standard InChI is InChI=1S/C19H13N3O3.C2H6O/c1-22-15-8-4-2-6-13(15)17(19(22)24)21-20-10-12-11-25-16-9-5-3-7-14(16)18(12)23;1-2-3/h2-11H,1H3;3H,2H2,1H3/b20-10+,21-17-;. The minimum Gasteiger partial charge on any atom is -0.463 e. The molecule has 142 valence electrons. The van der Waals surface area contributed by atoms with Gasteiger partial charge in [0.25, 0.3) is 5.91 Å². The van der Waals surface area contributed by atoms with Crippen molar-refractivity contribution >= 4 is 34.5 Å². The van der Waals surface area contributed by atoms with E-state index in [9.17, 15) is 9.59 Å². The summed E-state index contributed by atoms with van der Waals surface area (Å²) in [5.41, 5.74) is 2.34. The molecule has 0 unspecified atom stereocenters. The normalized spacial score (nSPS) is 14.5. The number of likely N-dealkylation sites (N-methyl/N-ethyl adjacent to an activating group) is 1. The van der Waals surface area contributed by atoms with Gasteiger partial charge in [-0.1, -0.05) is 30.3 Å². The topological polar surface area (TPSA) is 95.5 Å². The van der Waals surface area contributed by atoms with Crippen LogP contribution in [0.15, 0.2) is 74.2 Å². The van der Waals surface area contributed by atoms with E-state index in [1.807, 2.05) is 24.3 Å². The van der Waals surface area contributed by atoms with E-state index in [2.05, 4.69) is 10.2 Å². The van der Waals surface area contributed by atoms with Gasteiger partial charge >= 0.3 is 0 Å². The Labute approximate surface area is 161 Å². The Balaban J connectivity index is 0.000000706. The Morgan fingerprint density at radius 1 is 1.11 bits per heavy atom. The lowest BCUT2D eigenvalue weighted by atomic mass is 10.1. The van der Waals surface area contributed by atoms with Gasteiger partial charge in [0.05, 0.1) is 22.9 Å². The SMILES string of the molecule is CCO.CN1C(=O)/C(=N\N=C\c2coc3ccccc3c2=O)c2ccccc21. The third-order valence-electron chi connectivity index (χ3n) is 4.09. The lowest BCUT2D eigenvalue weighted by molar-refractivity contribution is -0.111. The van der Waals surface area contributed by atoms with Crippen LogP contribution in [0.1, 0.15) is 18.1 Å². The van der Waals surface area contributed by atoms with Gasteiger partial charge in [-0.05, 0) is 25.1 Å². The van der Waals surface area contributed by atoms with E-state index >= 15 is 0 Å². The highest BCUT2D eigenvalue weighted by atomic mass is 16.3. The fourth-order valence-corrected chi connectivity index (χ4v) is 2.78. The van der Waals surface area contributed by atoms with Crippen LogP contribution < -0.4 is 10.3 Å². The number of amides is 1. The molecule has 2 heterocycles. The first kappa shape index (κ1) is 19.2. The molecule has 4 rings (SSSR count). The van der Waals surface area contributed by atoms with Crippen LogP contribution in [0.25, 0.3) is 11.0 Å². The predicted octanol–water partition coefficient (Wildman–Crippen LogP) is 2.59. The molecule has 1 amide bonds. The van der Waals surface area contributed by atoms with Crippen LogP contribution in [-0.4, -0.2) is 36.6 Å². The highest BCUT2D eigenvalue weighted by molar-refractivity contribution is 6.54. The first-order valence-corrected chi connectivity index (χ1v) is 8.68. The monoisotopic (exact) mass is 377 g/mol. The molecule has 1 aliphatic heterocycles. The van der Waals surface area contributed by atoms with Crippen molar-refractivity contribution in [3.8, 4) is 0 Å². The average Bonchev–Trinajstić information content (AvgIpc) is 2.95. The Morgan fingerprint density at radius 2 is 1.79 bits per heavy atom. The average molecular weight is 377 g/mol. The molecule has 0 atom stereocenters. The summed E-state index contributed by atoms with van der Waals surface area (Å²) in [4.78, 5) is 26.2. The molecule has 2 aromatic carbocycles. The van der Waals surface area contributed by atoms with Crippen LogP contribution in [0.4, 0.5) is 5.69 Å². The molecule has 0 spiro atoms. The number of para-hydroxylation sites is 2. The van der Waals surface area contributed by atoms with E-state index in [4.69, 9.17) is 9.52 Å². The molecule has 3 aromatic rings. The number of fused-ring (bicyclic) bond motifs is 2. The van der Waals surface area contributed by atoms with Crippen LogP contribution in [0.3, 0.4) is 0 Å². The fourth-order valence-electron chi connectivity index (χ4n) is 2.78. The smallest absolute Gasteiger partial charge is 0.279 e. The number of anilines is 1. The molecular formula is C21H19N3O4. The number of hydrogen-bond donors (Lipinski definition) is 1. The van der Waals surface area contributed by atoms with Gasteiger partial charge < -0.3 is 14.4 Å². The lowest BCUT2D eigenvalue weighted by Crippen LogP contribution is -2.25. The molecule has 1 aromatic heterocycles. The molecular weight excluding hydrogens is 358 g/mol. The minimum atomic E-state index is -0.233. The van der Waals surface area contributed by atoms with Crippen molar-refractivity contribution in [2.45, 2.75) is 6.92 Å². The van der Waals surface area contributed by atoms with Crippen LogP contribution in [-0.2, 0) is 4.79 Å². The lowest BCUT2D eigenvalue weighted by Gasteiger charge is -2.07. The predicted molar refractivity (Wildman–Crippen MR) is 109 cm³/mol. The van der Waals surface area contributed by atoms with Gasteiger partial charge in [0.2, 0.25) is 5.43 Å². The Bertz CT molecular complexity index is 1130. The molecule has 0 saturated heterocycles. The Morgan fingerprint density at radius 3 is 2.57 bits per heavy atom. The van der Waals surface area contributed by atoms with Crippen molar-refractivity contribution in [1.82, 2.24) is 0 Å². The highest BCUT2D eigenvalue weighted by Gasteiger charge is 2.30. The van der Waals surface area contributed by atoms with E-state index in [-0.39, 0.29) is 29.2 Å². The third-order valence-corrected chi connectivity index (χ3v) is 4.09. The summed E-state index contributed by atoms with van der Waals surface area (Å²) in [5.74, 6) is -0.233. The molecule has 0 bridgehead atoms. The van der Waals surface area contributed by atoms with Crippen molar-refractivity contribution in [2.24, 2.45) is 10.2 Å². The van der Waals surface area contributed by atoms with E-state index in [1.54, 1.807) is 38.2 Å². The van der Waals surface area contributed by atoms with Crippen LogP contribution >= 0.6 is 0 Å². The largest absolute Gasteiger partial charge is 0.463 e. The summed E-state index contributed by atoms with van der Waals surface area (Å²) in [6.07, 6.45) is 2.64. The van der Waals surface area contributed by atoms with Crippen LogP contribution in [0.2, 0.25) is 0 Å². The third kappa shape index (κ3) is 3.60. The van der Waals surface area contributed by atoms with E-state index in [0.717, 1.165) is 11.3 Å². The maximum absolute atomic E-state index is 12.4. The van der Waals surface area contributed by atoms with Gasteiger partial charge in [0.1, 0.15) is 11.8 Å². The minimum absolute atomic E-state index is 0.193. The molecule has 7 nitrogen and oxygen atoms in total. The van der Waals surface area contributed by atoms with E-state index in [0.29, 0.717) is 11.0 Å². The zero-order valence-corrected chi connectivity index (χ0v) is 15.5. The zero-order valence-electron chi connectivity index (χ0n) is 15.5. The Kier molecular flexibility index (Phi) is 5.76. The number of carbonyl (C=O) groups excluding carboxylic acids is 1. The second-order valence-corrected chi connectivity index (χ2v) is 5.91. The quantitative estimate of drug-likeness (QED) is 0.548. The van der Waals surface area contributed by atoms with Crippen molar-refractivity contribution < 1.29 is 14.3 Å². The second kappa shape index (κ2) is 8.41. The molecule has 28 heavy (non-hydrogen) atoms. The molecule has 0 aliphatic carbocycles. The highest BCUT2D eigenvalue weighted by Crippen LogP contribution is 2.27. The summed E-state index contributed by atoms with van der Waals surface area (Å²) < 4.78 is 5.43. The number of aliphatic hydroxyl groups excluding tert-OH is 1. The number of aliphatic hydroxyl groups is 1. The Hall–Kier alpha value is -3.58. The summed E-state index contributed by atoms with van der Waals surface area (Å²) >= 11 is 0. The molecule has 1 N–H and O–H groups in total. The summed E-state index contributed by atoms with van der Waals surface area (Å²) in [5, 5.41) is 16.0. The van der Waals surface area contributed by atoms with Gasteiger partial charge in [-0.2, -0.15) is 5.10 Å². The fraction of sp³-hybridized carbons (Fsp3) is 0.143. The van der Waals surface area contributed by atoms with Crippen LogP contribution in [0.5, 0.6) is 0 Å². The maximum atomic E-state index is 12.4. The first-order valence-electron chi connectivity index (χ1n) is 8.68. The van der Waals surface area contributed by atoms with Gasteiger partial charge in [-0.25, -0.2) is 0 Å².